The predicted molar refractivity (Wildman–Crippen MR) is 392 cm³/mol. The number of pyridine rings is 3. The fourth-order valence-electron chi connectivity index (χ4n) is 12.9. The second-order valence-electron chi connectivity index (χ2n) is 28.5. The van der Waals surface area contributed by atoms with Crippen molar-refractivity contribution in [2.45, 2.75) is 113 Å². The van der Waals surface area contributed by atoms with E-state index in [-0.39, 0.29) is 105 Å². The van der Waals surface area contributed by atoms with Gasteiger partial charge in [0.1, 0.15) is 5.76 Å². The van der Waals surface area contributed by atoms with E-state index in [0.29, 0.717) is 0 Å². The Morgan fingerprint density at radius 1 is 0.367 bits per heavy atom. The maximum atomic E-state index is 11.5. The molecule has 3 aliphatic rings. The van der Waals surface area contributed by atoms with E-state index in [2.05, 4.69) is 242 Å². The largest absolute Gasteiger partial charge is 0.512 e. The molecule has 503 valence electrons. The van der Waals surface area contributed by atoms with Crippen molar-refractivity contribution >= 4 is 44.3 Å². The summed E-state index contributed by atoms with van der Waals surface area (Å²) in [5.74, 6) is 0.0415. The van der Waals surface area contributed by atoms with Crippen LogP contribution in [0.25, 0.3) is 99.9 Å². The van der Waals surface area contributed by atoms with Gasteiger partial charge in [0.25, 0.3) is 0 Å². The minimum absolute atomic E-state index is 0. The first kappa shape index (κ1) is 75.4. The second kappa shape index (κ2) is 30.4. The summed E-state index contributed by atoms with van der Waals surface area (Å²) in [5.41, 5.74) is 24.6. The van der Waals surface area contributed by atoms with E-state index < -0.39 is 5.41 Å². The van der Waals surface area contributed by atoms with Gasteiger partial charge in [-0.3, -0.25) is 24.5 Å². The van der Waals surface area contributed by atoms with Crippen molar-refractivity contribution < 1.29 is 80.1 Å². The van der Waals surface area contributed by atoms with Crippen molar-refractivity contribution in [1.82, 2.24) is 15.0 Å². The number of aromatic nitrogens is 3. The summed E-state index contributed by atoms with van der Waals surface area (Å²) in [6.45, 7) is 27.8. The van der Waals surface area contributed by atoms with Crippen LogP contribution in [-0.4, -0.2) is 36.7 Å². The van der Waals surface area contributed by atoms with Gasteiger partial charge in [0.2, 0.25) is 0 Å². The number of ketones is 2. The van der Waals surface area contributed by atoms with Crippen LogP contribution < -0.4 is 0 Å². The molecule has 0 saturated carbocycles. The van der Waals surface area contributed by atoms with Crippen molar-refractivity contribution in [3.05, 3.63) is 294 Å². The molecule has 0 atom stereocenters. The first-order valence-electron chi connectivity index (χ1n) is 32.5. The Kier molecular flexibility index (Phi) is 23.3. The van der Waals surface area contributed by atoms with E-state index >= 15 is 0 Å². The van der Waals surface area contributed by atoms with Crippen LogP contribution in [0.3, 0.4) is 0 Å². The van der Waals surface area contributed by atoms with Gasteiger partial charge in [0.05, 0.1) is 22.3 Å². The molecule has 2 N–H and O–H groups in total. The number of hydrogen-bond acceptors (Lipinski definition) is 7. The van der Waals surface area contributed by atoms with Crippen LogP contribution in [0.2, 0.25) is 0 Å². The Hall–Kier alpha value is -8.42. The summed E-state index contributed by atoms with van der Waals surface area (Å²) in [5, 5.41) is 21.4. The smallest absolute Gasteiger partial charge is 0.164 e. The number of benzene rings is 9. The number of hydrogen-bond donors (Lipinski definition) is 2. The van der Waals surface area contributed by atoms with E-state index in [1.165, 1.54) is 109 Å². The fourth-order valence-corrected chi connectivity index (χ4v) is 12.9. The number of nitrogens with zero attached hydrogens (tertiary/aromatic N) is 3. The number of carbonyl (C=O) groups is 2. The Morgan fingerprint density at radius 3 is 0.918 bits per heavy atom. The van der Waals surface area contributed by atoms with Crippen molar-refractivity contribution in [2.24, 2.45) is 10.8 Å². The van der Waals surface area contributed by atoms with Crippen LogP contribution in [-0.2, 0) is 86.2 Å². The number of aliphatic hydroxyl groups is 2. The number of carbonyl (C=O) groups excluding carboxylic acids is 2. The quantitative estimate of drug-likeness (QED) is 0.100. The van der Waals surface area contributed by atoms with Gasteiger partial charge in [-0.25, -0.2) is 0 Å². The zero-order valence-electron chi connectivity index (χ0n) is 58.0. The molecule has 0 fully saturated rings. The molecule has 0 amide bonds. The van der Waals surface area contributed by atoms with Gasteiger partial charge in [0.15, 0.2) is 11.6 Å². The maximum Gasteiger partial charge on any atom is 0.164 e. The van der Waals surface area contributed by atoms with E-state index in [1.54, 1.807) is 0 Å². The molecular formula is C88H82Ir3N3O4-3. The number of para-hydroxylation sites is 3. The Bertz CT molecular complexity index is 4570. The Labute approximate surface area is 619 Å². The summed E-state index contributed by atoms with van der Waals surface area (Å²) in [6.07, 6.45) is 2.50. The third-order valence-electron chi connectivity index (χ3n) is 18.4. The zero-order valence-corrected chi connectivity index (χ0v) is 65.2. The minimum atomic E-state index is -0.417. The molecule has 10 heteroatoms. The molecule has 3 aromatic heterocycles. The topological polar surface area (TPSA) is 113 Å². The van der Waals surface area contributed by atoms with Crippen LogP contribution in [0.4, 0.5) is 0 Å². The SMILES string of the molecule is CC(=O)C=C(C)O.CC(C)(C)C(=O)C=C(O)C(C)(C)C.CC1(C)c2ccccc2-c2c[c-]c(-c3ccc4ccccc4n3)cc21.CC1(C)c2ccccc2-c2c[c-]c(-c3ccc4ccccc4n3)cc21.CC1(C)c2ccccc2-c2c[c-]c(-c3ccc4ccccc4n3)cc21.[Ir].[Ir].[Ir]. The predicted octanol–water partition coefficient (Wildman–Crippen LogP) is 22.1. The van der Waals surface area contributed by atoms with Crippen molar-refractivity contribution in [2.75, 3.05) is 0 Å². The van der Waals surface area contributed by atoms with Gasteiger partial charge in [-0.15, -0.1) is 88.0 Å². The van der Waals surface area contributed by atoms with E-state index in [9.17, 15) is 14.7 Å². The molecule has 15 rings (SSSR count). The minimum Gasteiger partial charge on any atom is -0.512 e. The fraction of sp³-hybridized carbons (Fsp3) is 0.216. The van der Waals surface area contributed by atoms with E-state index in [0.717, 1.165) is 50.3 Å². The Morgan fingerprint density at radius 2 is 0.653 bits per heavy atom. The summed E-state index contributed by atoms with van der Waals surface area (Å²) in [7, 11) is 0. The summed E-state index contributed by atoms with van der Waals surface area (Å²) >= 11 is 0. The van der Waals surface area contributed by atoms with Gasteiger partial charge in [-0.05, 0) is 98.2 Å². The van der Waals surface area contributed by atoms with Crippen LogP contribution in [0.15, 0.2) is 242 Å². The first-order chi connectivity index (χ1) is 45.1. The number of aliphatic hydroxyl groups excluding tert-OH is 2. The molecule has 7 nitrogen and oxygen atoms in total. The van der Waals surface area contributed by atoms with Crippen LogP contribution in [0.5, 0.6) is 0 Å². The molecular weight excluding hydrogens is 1740 g/mol. The molecule has 3 aliphatic carbocycles. The normalized spacial score (nSPS) is 13.7. The maximum absolute atomic E-state index is 11.5. The van der Waals surface area contributed by atoms with Crippen LogP contribution in [0, 0.1) is 29.0 Å². The summed E-state index contributed by atoms with van der Waals surface area (Å²) < 4.78 is 0. The number of fused-ring (bicyclic) bond motifs is 12. The van der Waals surface area contributed by atoms with Gasteiger partial charge in [-0.1, -0.05) is 280 Å². The molecule has 0 unspecified atom stereocenters. The molecule has 0 spiro atoms. The molecule has 98 heavy (non-hydrogen) atoms. The molecule has 0 saturated heterocycles. The standard InChI is InChI=1S/3C24H18N.C11H20O2.C5H8O2.3Ir/c3*1-24(2)20-9-5-4-8-18(20)19-13-11-17(15-21(19)24)23-14-12-16-7-3-6-10-22(16)25-23;1-10(2,3)8(12)7-9(13)11(4,5)6;1-4(6)3-5(2)7;;;/h3*3-10,12-15H,1-2H3;7,12H,1-6H3;3,6H,1-2H3;;;/q3*-1;;;;;. The molecule has 12 aromatic rings. The third-order valence-corrected chi connectivity index (χ3v) is 18.4. The van der Waals surface area contributed by atoms with Crippen LogP contribution >= 0.6 is 0 Å². The van der Waals surface area contributed by atoms with Crippen molar-refractivity contribution in [3.63, 3.8) is 0 Å². The number of allylic oxidation sites excluding steroid dienone is 4. The molecule has 3 heterocycles. The van der Waals surface area contributed by atoms with E-state index in [1.807, 2.05) is 77.9 Å². The molecule has 9 aromatic carbocycles. The zero-order chi connectivity index (χ0) is 67.8. The third kappa shape index (κ3) is 15.8. The van der Waals surface area contributed by atoms with Crippen molar-refractivity contribution in [1.29, 1.82) is 0 Å². The van der Waals surface area contributed by atoms with Crippen LogP contribution in [0.1, 0.15) is 130 Å². The van der Waals surface area contributed by atoms with Gasteiger partial charge in [0, 0.05) is 83.3 Å². The monoisotopic (exact) mass is 1820 g/mol. The first-order valence-corrected chi connectivity index (χ1v) is 32.5. The van der Waals surface area contributed by atoms with Gasteiger partial charge in [-0.2, -0.15) is 0 Å². The summed E-state index contributed by atoms with van der Waals surface area (Å²) in [6, 6.07) is 87.1. The number of rotatable bonds is 5. The second-order valence-corrected chi connectivity index (χ2v) is 28.5. The van der Waals surface area contributed by atoms with Gasteiger partial charge < -0.3 is 10.2 Å². The molecule has 0 aliphatic heterocycles. The molecule has 0 bridgehead atoms. The summed E-state index contributed by atoms with van der Waals surface area (Å²) in [4.78, 5) is 36.0. The average molecular weight is 1820 g/mol. The Balaban J connectivity index is 0.000000163. The van der Waals surface area contributed by atoms with Crippen molar-refractivity contribution in [3.8, 4) is 67.2 Å². The average Bonchev–Trinajstić information content (AvgIpc) is 1.60. The van der Waals surface area contributed by atoms with Gasteiger partial charge >= 0.3 is 0 Å². The molecule has 3 radical (unpaired) electrons. The van der Waals surface area contributed by atoms with E-state index in [4.69, 9.17) is 20.1 Å².